The molecule has 0 amide bonds. The fraction of sp³-hybridized carbons (Fsp3) is 0.385. The number of hydrogen-bond acceptors (Lipinski definition) is 1. The molecule has 0 heterocycles. The van der Waals surface area contributed by atoms with E-state index in [1.807, 2.05) is 25.1 Å². The lowest BCUT2D eigenvalue weighted by molar-refractivity contribution is 0.464. The first-order valence-corrected chi connectivity index (χ1v) is 4.82. The fourth-order valence-electron chi connectivity index (χ4n) is 0.896. The van der Waals surface area contributed by atoms with Crippen molar-refractivity contribution < 1.29 is 0 Å². The van der Waals surface area contributed by atoms with E-state index in [2.05, 4.69) is 37.1 Å². The van der Waals surface area contributed by atoms with Crippen LogP contribution in [0.15, 0.2) is 30.3 Å². The fourth-order valence-corrected chi connectivity index (χ4v) is 0.896. The molecule has 0 aliphatic rings. The predicted octanol–water partition coefficient (Wildman–Crippen LogP) is 2.85. The summed E-state index contributed by atoms with van der Waals surface area (Å²) < 4.78 is 0. The third-order valence-electron chi connectivity index (χ3n) is 1.66. The Morgan fingerprint density at radius 3 is 1.93 bits per heavy atom. The van der Waals surface area contributed by atoms with E-state index in [1.165, 1.54) is 5.56 Å². The van der Waals surface area contributed by atoms with Crippen molar-refractivity contribution in [3.63, 3.8) is 0 Å². The Balaban J connectivity index is 0. The van der Waals surface area contributed by atoms with Gasteiger partial charge in [0.1, 0.15) is 0 Å². The first-order chi connectivity index (χ1) is 6.70. The van der Waals surface area contributed by atoms with Crippen LogP contribution >= 0.6 is 12.4 Å². The van der Waals surface area contributed by atoms with E-state index in [9.17, 15) is 0 Å². The maximum atomic E-state index is 4.94. The van der Waals surface area contributed by atoms with E-state index < -0.39 is 0 Å². The quantitative estimate of drug-likeness (QED) is 0.700. The van der Waals surface area contributed by atoms with E-state index in [1.54, 1.807) is 0 Å². The Morgan fingerprint density at radius 1 is 1.20 bits per heavy atom. The second-order valence-corrected chi connectivity index (χ2v) is 3.28. The molecule has 1 nitrogen and oxygen atoms in total. The molecule has 1 aromatic rings. The van der Waals surface area contributed by atoms with Crippen LogP contribution in [0.4, 0.5) is 0 Å². The molecule has 0 bridgehead atoms. The Morgan fingerprint density at radius 2 is 1.73 bits per heavy atom. The van der Waals surface area contributed by atoms with Crippen molar-refractivity contribution >= 4 is 12.4 Å². The van der Waals surface area contributed by atoms with Crippen molar-refractivity contribution in [3.05, 3.63) is 35.9 Å². The summed E-state index contributed by atoms with van der Waals surface area (Å²) in [6.45, 7) is 2.90. The number of halogens is 1. The minimum atomic E-state index is 0. The van der Waals surface area contributed by atoms with Crippen molar-refractivity contribution in [2.75, 3.05) is 20.6 Å². The topological polar surface area (TPSA) is 3.24 Å². The number of nitrogens with zero attached hydrogens (tertiary/aromatic N) is 1. The van der Waals surface area contributed by atoms with Gasteiger partial charge in [-0.15, -0.1) is 18.8 Å². The van der Waals surface area contributed by atoms with Crippen LogP contribution in [0.3, 0.4) is 0 Å². The summed E-state index contributed by atoms with van der Waals surface area (Å²) in [6.07, 6.45) is 6.08. The minimum Gasteiger partial charge on any atom is -0.299 e. The van der Waals surface area contributed by atoms with E-state index >= 15 is 0 Å². The van der Waals surface area contributed by atoms with Gasteiger partial charge in [-0.1, -0.05) is 43.2 Å². The molecule has 0 aromatic heterocycles. The monoisotopic (exact) mass is 225 g/mol. The highest BCUT2D eigenvalue weighted by atomic mass is 35.5. The van der Waals surface area contributed by atoms with Crippen LogP contribution in [0.2, 0.25) is 0 Å². The molecule has 0 spiro atoms. The van der Waals surface area contributed by atoms with Crippen molar-refractivity contribution in [3.8, 4) is 12.3 Å². The third-order valence-corrected chi connectivity index (χ3v) is 1.66. The van der Waals surface area contributed by atoms with Crippen LogP contribution in [-0.4, -0.2) is 25.5 Å². The average Bonchev–Trinajstić information content (AvgIpc) is 2.20. The summed E-state index contributed by atoms with van der Waals surface area (Å²) in [4.78, 5) is 1.94. The number of aryl methyl sites for hydroxylation is 1. The second kappa shape index (κ2) is 11.1. The lowest BCUT2D eigenvalue weighted by Crippen LogP contribution is -2.10. The first kappa shape index (κ1) is 16.5. The van der Waals surface area contributed by atoms with Crippen LogP contribution in [0.25, 0.3) is 0 Å². The highest BCUT2D eigenvalue weighted by molar-refractivity contribution is 5.85. The van der Waals surface area contributed by atoms with Gasteiger partial charge < -0.3 is 0 Å². The molecule has 0 saturated heterocycles. The lowest BCUT2D eigenvalue weighted by atomic mass is 10.2. The van der Waals surface area contributed by atoms with Gasteiger partial charge in [0.05, 0.1) is 6.54 Å². The molecule has 0 unspecified atom stereocenters. The van der Waals surface area contributed by atoms with E-state index in [0.29, 0.717) is 0 Å². The Labute approximate surface area is 99.9 Å². The molecule has 1 aromatic carbocycles. The van der Waals surface area contributed by atoms with Gasteiger partial charge in [-0.05, 0) is 26.1 Å². The summed E-state index contributed by atoms with van der Waals surface area (Å²) in [5.41, 5.74) is 1.41. The van der Waals surface area contributed by atoms with Gasteiger partial charge in [0.15, 0.2) is 0 Å². The SMILES string of the molecule is C#CCN(C)C.CCc1ccccc1.Cl. The van der Waals surface area contributed by atoms with Crippen molar-refractivity contribution in [1.29, 1.82) is 0 Å². The molecular weight excluding hydrogens is 206 g/mol. The zero-order chi connectivity index (χ0) is 10.8. The minimum absolute atomic E-state index is 0. The molecular formula is C13H20ClN. The number of benzene rings is 1. The summed E-state index contributed by atoms with van der Waals surface area (Å²) >= 11 is 0. The standard InChI is InChI=1S/C8H10.C5H9N.ClH/c1-2-8-6-4-3-5-7-8;1-4-5-6(2)3;/h3-7H,2H2,1H3;1H,5H2,2-3H3;1H. The van der Waals surface area contributed by atoms with Gasteiger partial charge in [-0.3, -0.25) is 4.90 Å². The van der Waals surface area contributed by atoms with Gasteiger partial charge in [0, 0.05) is 0 Å². The van der Waals surface area contributed by atoms with Crippen LogP contribution in [0.5, 0.6) is 0 Å². The Hall–Kier alpha value is -0.970. The van der Waals surface area contributed by atoms with Gasteiger partial charge >= 0.3 is 0 Å². The van der Waals surface area contributed by atoms with Crippen molar-refractivity contribution in [2.24, 2.45) is 0 Å². The van der Waals surface area contributed by atoms with E-state index in [0.717, 1.165) is 13.0 Å². The average molecular weight is 226 g/mol. The summed E-state index contributed by atoms with van der Waals surface area (Å²) in [5.74, 6) is 2.49. The summed E-state index contributed by atoms with van der Waals surface area (Å²) in [7, 11) is 3.89. The molecule has 0 N–H and O–H groups in total. The first-order valence-electron chi connectivity index (χ1n) is 4.82. The zero-order valence-electron chi connectivity index (χ0n) is 9.73. The number of hydrogen-bond donors (Lipinski definition) is 0. The van der Waals surface area contributed by atoms with E-state index in [4.69, 9.17) is 6.42 Å². The number of rotatable bonds is 2. The predicted molar refractivity (Wildman–Crippen MR) is 70.5 cm³/mol. The largest absolute Gasteiger partial charge is 0.299 e. The van der Waals surface area contributed by atoms with Gasteiger partial charge in [-0.2, -0.15) is 0 Å². The normalized spacial score (nSPS) is 8.20. The summed E-state index contributed by atoms with van der Waals surface area (Å²) in [5, 5.41) is 0. The molecule has 0 saturated carbocycles. The molecule has 1 rings (SSSR count). The Bertz CT molecular complexity index is 262. The van der Waals surface area contributed by atoms with Gasteiger partial charge in [0.25, 0.3) is 0 Å². The second-order valence-electron chi connectivity index (χ2n) is 3.28. The van der Waals surface area contributed by atoms with Crippen molar-refractivity contribution in [1.82, 2.24) is 4.90 Å². The van der Waals surface area contributed by atoms with Gasteiger partial charge in [0.2, 0.25) is 0 Å². The maximum absolute atomic E-state index is 4.94. The molecule has 0 atom stereocenters. The number of terminal acetylenes is 1. The summed E-state index contributed by atoms with van der Waals surface area (Å²) in [6, 6.07) is 10.5. The van der Waals surface area contributed by atoms with Crippen LogP contribution in [-0.2, 0) is 6.42 Å². The van der Waals surface area contributed by atoms with Crippen LogP contribution in [0, 0.1) is 12.3 Å². The van der Waals surface area contributed by atoms with Gasteiger partial charge in [-0.25, -0.2) is 0 Å². The van der Waals surface area contributed by atoms with Crippen LogP contribution in [0.1, 0.15) is 12.5 Å². The molecule has 0 fully saturated rings. The molecule has 0 aliphatic heterocycles. The highest BCUT2D eigenvalue weighted by Crippen LogP contribution is 1.96. The molecule has 2 heteroatoms. The van der Waals surface area contributed by atoms with Crippen molar-refractivity contribution in [2.45, 2.75) is 13.3 Å². The molecule has 0 radical (unpaired) electrons. The molecule has 15 heavy (non-hydrogen) atoms. The van der Waals surface area contributed by atoms with Crippen LogP contribution < -0.4 is 0 Å². The Kier molecular flexibility index (Phi) is 12.2. The lowest BCUT2D eigenvalue weighted by Gasteiger charge is -1.99. The zero-order valence-corrected chi connectivity index (χ0v) is 10.6. The molecule has 0 aliphatic carbocycles. The molecule has 84 valence electrons. The smallest absolute Gasteiger partial charge is 0.0593 e. The maximum Gasteiger partial charge on any atom is 0.0593 e. The highest BCUT2D eigenvalue weighted by Gasteiger charge is 1.80. The third kappa shape index (κ3) is 11.0. The van der Waals surface area contributed by atoms with E-state index in [-0.39, 0.29) is 12.4 Å².